The number of benzene rings is 2. The topological polar surface area (TPSA) is 90.2 Å². The molecule has 4 aromatic rings. The van der Waals surface area contributed by atoms with Crippen LogP contribution >= 0.6 is 0 Å². The molecule has 0 saturated heterocycles. The number of carbonyl (C=O) groups is 1. The highest BCUT2D eigenvalue weighted by atomic mass is 16.6. The van der Waals surface area contributed by atoms with Crippen LogP contribution in [-0.2, 0) is 16.0 Å². The molecule has 29 heavy (non-hydrogen) atoms. The van der Waals surface area contributed by atoms with E-state index >= 15 is 0 Å². The first-order chi connectivity index (χ1) is 14.1. The number of esters is 1. The monoisotopic (exact) mass is 391 g/mol. The Bertz CT molecular complexity index is 1110. The number of H-pyrrole nitrogens is 1. The number of methoxy groups -OCH3 is 1. The van der Waals surface area contributed by atoms with Crippen molar-refractivity contribution in [2.75, 3.05) is 7.11 Å². The van der Waals surface area contributed by atoms with Crippen molar-refractivity contribution < 1.29 is 18.7 Å². The highest BCUT2D eigenvalue weighted by molar-refractivity contribution is 5.83. The molecule has 0 saturated carbocycles. The number of nitrogens with zero attached hydrogens (tertiary/aromatic N) is 2. The van der Waals surface area contributed by atoms with Gasteiger partial charge in [-0.25, -0.2) is 0 Å². The lowest BCUT2D eigenvalue weighted by molar-refractivity contribution is -0.149. The molecular formula is C22H21N3O4. The van der Waals surface area contributed by atoms with Gasteiger partial charge in [0.25, 0.3) is 5.89 Å². The first-order valence-corrected chi connectivity index (χ1v) is 9.36. The molecule has 2 aromatic heterocycles. The Balaban J connectivity index is 1.35. The molecule has 0 spiro atoms. The maximum atomic E-state index is 12.3. The average molecular weight is 391 g/mol. The van der Waals surface area contributed by atoms with Crippen LogP contribution in [0.1, 0.15) is 30.9 Å². The SMILES string of the molecule is COc1ccc(-c2nnc([C@@H](C)OC(=O)CCc3c[nH]c4ccccc34)o2)cc1. The highest BCUT2D eigenvalue weighted by Crippen LogP contribution is 2.25. The molecular weight excluding hydrogens is 370 g/mol. The van der Waals surface area contributed by atoms with Crippen molar-refractivity contribution in [3.05, 3.63) is 66.2 Å². The zero-order chi connectivity index (χ0) is 20.2. The normalized spacial score (nSPS) is 12.1. The molecule has 0 fully saturated rings. The Morgan fingerprint density at radius 1 is 1.14 bits per heavy atom. The molecule has 4 rings (SSSR count). The van der Waals surface area contributed by atoms with E-state index in [0.29, 0.717) is 12.3 Å². The van der Waals surface area contributed by atoms with Crippen molar-refractivity contribution in [3.63, 3.8) is 0 Å². The van der Waals surface area contributed by atoms with E-state index in [2.05, 4.69) is 15.2 Å². The van der Waals surface area contributed by atoms with Gasteiger partial charge in [-0.15, -0.1) is 10.2 Å². The fourth-order valence-electron chi connectivity index (χ4n) is 3.13. The van der Waals surface area contributed by atoms with Crippen molar-refractivity contribution >= 4 is 16.9 Å². The van der Waals surface area contributed by atoms with Crippen LogP contribution in [0.4, 0.5) is 0 Å². The Kier molecular flexibility index (Phi) is 5.29. The van der Waals surface area contributed by atoms with Gasteiger partial charge in [0.1, 0.15) is 5.75 Å². The van der Waals surface area contributed by atoms with Crippen LogP contribution in [0, 0.1) is 0 Å². The maximum Gasteiger partial charge on any atom is 0.306 e. The van der Waals surface area contributed by atoms with E-state index in [-0.39, 0.29) is 18.3 Å². The van der Waals surface area contributed by atoms with Crippen LogP contribution in [0.5, 0.6) is 5.75 Å². The third kappa shape index (κ3) is 4.13. The molecule has 7 nitrogen and oxygen atoms in total. The van der Waals surface area contributed by atoms with Crippen molar-refractivity contribution in [1.82, 2.24) is 15.2 Å². The minimum atomic E-state index is -0.620. The predicted molar refractivity (Wildman–Crippen MR) is 107 cm³/mol. The van der Waals surface area contributed by atoms with Gasteiger partial charge >= 0.3 is 5.97 Å². The Hall–Kier alpha value is -3.61. The first-order valence-electron chi connectivity index (χ1n) is 9.36. The third-order valence-corrected chi connectivity index (χ3v) is 4.71. The summed E-state index contributed by atoms with van der Waals surface area (Å²) in [4.78, 5) is 15.5. The molecule has 148 valence electrons. The summed E-state index contributed by atoms with van der Waals surface area (Å²) in [6.45, 7) is 1.72. The second kappa shape index (κ2) is 8.18. The lowest BCUT2D eigenvalue weighted by Gasteiger charge is -2.09. The summed E-state index contributed by atoms with van der Waals surface area (Å²) in [6, 6.07) is 15.3. The molecule has 0 amide bonds. The van der Waals surface area contributed by atoms with Gasteiger partial charge in [0, 0.05) is 29.1 Å². The van der Waals surface area contributed by atoms with Gasteiger partial charge in [0.2, 0.25) is 5.89 Å². The molecule has 1 N–H and O–H groups in total. The molecule has 2 aromatic carbocycles. The van der Waals surface area contributed by atoms with Crippen LogP contribution in [0.15, 0.2) is 59.1 Å². The number of para-hydroxylation sites is 1. The van der Waals surface area contributed by atoms with E-state index in [0.717, 1.165) is 27.8 Å². The summed E-state index contributed by atoms with van der Waals surface area (Å²) in [5.41, 5.74) is 2.91. The number of aryl methyl sites for hydroxylation is 1. The number of nitrogens with one attached hydrogen (secondary N) is 1. The molecule has 0 radical (unpaired) electrons. The van der Waals surface area contributed by atoms with Gasteiger partial charge in [-0.05, 0) is 49.2 Å². The van der Waals surface area contributed by atoms with E-state index in [9.17, 15) is 4.79 Å². The van der Waals surface area contributed by atoms with E-state index in [1.807, 2.05) is 54.7 Å². The molecule has 0 bridgehead atoms. The number of aromatic nitrogens is 3. The van der Waals surface area contributed by atoms with Gasteiger partial charge in [-0.3, -0.25) is 4.79 Å². The smallest absolute Gasteiger partial charge is 0.306 e. The molecule has 0 aliphatic heterocycles. The van der Waals surface area contributed by atoms with E-state index < -0.39 is 6.10 Å². The highest BCUT2D eigenvalue weighted by Gasteiger charge is 2.19. The standard InChI is InChI=1S/C22H21N3O4/c1-14(21-24-25-22(29-21)15-7-10-17(27-2)11-8-15)28-20(26)12-9-16-13-23-19-6-4-3-5-18(16)19/h3-8,10-11,13-14,23H,9,12H2,1-2H3/t14-/m1/s1. The van der Waals surface area contributed by atoms with Gasteiger partial charge in [-0.2, -0.15) is 0 Å². The Labute approximate surface area is 167 Å². The first kappa shape index (κ1) is 18.7. The second-order valence-electron chi connectivity index (χ2n) is 6.67. The van der Waals surface area contributed by atoms with Crippen LogP contribution in [0.2, 0.25) is 0 Å². The average Bonchev–Trinajstić information content (AvgIpc) is 3.40. The van der Waals surface area contributed by atoms with E-state index in [1.165, 1.54) is 0 Å². The number of rotatable bonds is 7. The van der Waals surface area contributed by atoms with Gasteiger partial charge in [0.15, 0.2) is 6.10 Å². The van der Waals surface area contributed by atoms with Crippen molar-refractivity contribution in [1.29, 1.82) is 0 Å². The summed E-state index contributed by atoms with van der Waals surface area (Å²) in [6.07, 6.45) is 2.17. The summed E-state index contributed by atoms with van der Waals surface area (Å²) in [7, 11) is 1.61. The fraction of sp³-hybridized carbons (Fsp3) is 0.227. The van der Waals surface area contributed by atoms with Gasteiger partial charge < -0.3 is 18.9 Å². The minimum absolute atomic E-state index is 0.260. The van der Waals surface area contributed by atoms with E-state index in [1.54, 1.807) is 14.0 Å². The fourth-order valence-corrected chi connectivity index (χ4v) is 3.13. The molecule has 0 aliphatic rings. The number of ether oxygens (including phenoxy) is 2. The Morgan fingerprint density at radius 3 is 2.72 bits per heavy atom. The summed E-state index contributed by atoms with van der Waals surface area (Å²) in [5, 5.41) is 9.17. The lowest BCUT2D eigenvalue weighted by atomic mass is 10.1. The Morgan fingerprint density at radius 2 is 1.93 bits per heavy atom. The molecule has 7 heteroatoms. The van der Waals surface area contributed by atoms with Crippen molar-refractivity contribution in [3.8, 4) is 17.2 Å². The number of aromatic amines is 1. The zero-order valence-corrected chi connectivity index (χ0v) is 16.2. The van der Waals surface area contributed by atoms with Crippen LogP contribution in [0.3, 0.4) is 0 Å². The summed E-state index contributed by atoms with van der Waals surface area (Å²) in [5.74, 6) is 1.05. The van der Waals surface area contributed by atoms with Crippen LogP contribution in [-0.4, -0.2) is 28.3 Å². The molecule has 1 atom stereocenters. The van der Waals surface area contributed by atoms with Crippen molar-refractivity contribution in [2.45, 2.75) is 25.9 Å². The van der Waals surface area contributed by atoms with Gasteiger partial charge in [-0.1, -0.05) is 18.2 Å². The van der Waals surface area contributed by atoms with E-state index in [4.69, 9.17) is 13.9 Å². The molecule has 0 unspecified atom stereocenters. The number of hydrogen-bond donors (Lipinski definition) is 1. The maximum absolute atomic E-state index is 12.3. The number of carbonyl (C=O) groups excluding carboxylic acids is 1. The number of fused-ring (bicyclic) bond motifs is 1. The lowest BCUT2D eigenvalue weighted by Crippen LogP contribution is -2.10. The largest absolute Gasteiger partial charge is 0.497 e. The van der Waals surface area contributed by atoms with Crippen molar-refractivity contribution in [2.24, 2.45) is 0 Å². The summed E-state index contributed by atoms with van der Waals surface area (Å²) >= 11 is 0. The third-order valence-electron chi connectivity index (χ3n) is 4.71. The predicted octanol–water partition coefficient (Wildman–Crippen LogP) is 4.46. The van der Waals surface area contributed by atoms with Gasteiger partial charge in [0.05, 0.1) is 7.11 Å². The summed E-state index contributed by atoms with van der Waals surface area (Å²) < 4.78 is 16.3. The van der Waals surface area contributed by atoms with Crippen LogP contribution < -0.4 is 4.74 Å². The zero-order valence-electron chi connectivity index (χ0n) is 16.2. The minimum Gasteiger partial charge on any atom is -0.497 e. The van der Waals surface area contributed by atoms with Crippen LogP contribution in [0.25, 0.3) is 22.4 Å². The second-order valence-corrected chi connectivity index (χ2v) is 6.67. The molecule has 0 aliphatic carbocycles. The quantitative estimate of drug-likeness (QED) is 0.468. The molecule has 2 heterocycles. The number of hydrogen-bond acceptors (Lipinski definition) is 6.